The molecule has 0 saturated carbocycles. The van der Waals surface area contributed by atoms with Crippen molar-refractivity contribution in [3.63, 3.8) is 0 Å². The fourth-order valence-corrected chi connectivity index (χ4v) is 5.49. The van der Waals surface area contributed by atoms with Crippen LogP contribution >= 0.6 is 0 Å². The van der Waals surface area contributed by atoms with Gasteiger partial charge >= 0.3 is 11.9 Å². The van der Waals surface area contributed by atoms with E-state index in [1.807, 2.05) is 111 Å². The lowest BCUT2D eigenvalue weighted by Gasteiger charge is -2.12. The van der Waals surface area contributed by atoms with E-state index in [1.54, 1.807) is 60.7 Å². The molecular formula is C46H36O8. The summed E-state index contributed by atoms with van der Waals surface area (Å²) >= 11 is 0. The van der Waals surface area contributed by atoms with Crippen molar-refractivity contribution in [1.82, 2.24) is 0 Å². The van der Waals surface area contributed by atoms with E-state index in [0.717, 1.165) is 43.4 Å². The molecule has 54 heavy (non-hydrogen) atoms. The van der Waals surface area contributed by atoms with Crippen LogP contribution in [0, 0.1) is 13.8 Å². The Balaban J connectivity index is 0.000000168. The van der Waals surface area contributed by atoms with E-state index in [0.29, 0.717) is 11.1 Å². The zero-order chi connectivity index (χ0) is 38.2. The molecule has 0 aliphatic carbocycles. The molecule has 0 saturated heterocycles. The molecule has 0 radical (unpaired) electrons. The Morgan fingerprint density at radius 3 is 0.870 bits per heavy atom. The van der Waals surface area contributed by atoms with Crippen molar-refractivity contribution in [2.24, 2.45) is 0 Å². The Bertz CT molecular complexity index is 2330. The fourth-order valence-electron chi connectivity index (χ4n) is 5.49. The quantitative estimate of drug-likeness (QED) is 0.0803. The molecule has 0 fully saturated rings. The molecule has 0 heterocycles. The van der Waals surface area contributed by atoms with Crippen molar-refractivity contribution in [1.29, 1.82) is 0 Å². The maximum atomic E-state index is 12.6. The van der Waals surface area contributed by atoms with Crippen LogP contribution in [0.1, 0.15) is 31.8 Å². The van der Waals surface area contributed by atoms with Gasteiger partial charge in [0.25, 0.3) is 0 Å². The van der Waals surface area contributed by atoms with Crippen LogP contribution in [0.4, 0.5) is 0 Å². The molecule has 8 aromatic carbocycles. The minimum Gasteiger partial charge on any atom is -0.504 e. The Morgan fingerprint density at radius 1 is 0.370 bits per heavy atom. The first-order valence-electron chi connectivity index (χ1n) is 17.0. The molecule has 8 rings (SSSR count). The number of aryl methyl sites for hydroxylation is 2. The topological polar surface area (TPSA) is 134 Å². The van der Waals surface area contributed by atoms with Crippen molar-refractivity contribution in [3.8, 4) is 34.5 Å². The molecular weight excluding hydrogens is 680 g/mol. The minimum atomic E-state index is -0.516. The summed E-state index contributed by atoms with van der Waals surface area (Å²) in [6, 6.07) is 46.5. The van der Waals surface area contributed by atoms with Gasteiger partial charge in [0.1, 0.15) is 0 Å². The molecule has 0 amide bonds. The fraction of sp³-hybridized carbons (Fsp3) is 0.0435. The Morgan fingerprint density at radius 2 is 0.611 bits per heavy atom. The van der Waals surface area contributed by atoms with Crippen LogP contribution in [0.5, 0.6) is 34.5 Å². The van der Waals surface area contributed by atoms with Crippen LogP contribution in [-0.4, -0.2) is 32.4 Å². The van der Waals surface area contributed by atoms with Gasteiger partial charge in [0.05, 0.1) is 11.1 Å². The molecule has 0 aliphatic heterocycles. The van der Waals surface area contributed by atoms with Crippen molar-refractivity contribution < 1.29 is 39.5 Å². The lowest BCUT2D eigenvalue weighted by Crippen LogP contribution is -2.12. The second kappa shape index (κ2) is 16.4. The average molecular weight is 717 g/mol. The Labute approximate surface area is 311 Å². The molecule has 0 unspecified atom stereocenters. The summed E-state index contributed by atoms with van der Waals surface area (Å²) in [6.07, 6.45) is 0. The van der Waals surface area contributed by atoms with E-state index in [2.05, 4.69) is 0 Å². The number of rotatable bonds is 4. The summed E-state index contributed by atoms with van der Waals surface area (Å²) in [6.45, 7) is 3.89. The molecule has 8 heteroatoms. The van der Waals surface area contributed by atoms with E-state index >= 15 is 0 Å². The summed E-state index contributed by atoms with van der Waals surface area (Å²) in [5.41, 5.74) is 2.93. The van der Waals surface area contributed by atoms with E-state index < -0.39 is 11.9 Å². The minimum absolute atomic E-state index is 0.0753. The summed E-state index contributed by atoms with van der Waals surface area (Å²) in [4.78, 5) is 25.3. The van der Waals surface area contributed by atoms with E-state index in [9.17, 15) is 9.59 Å². The first kappa shape index (κ1) is 36.5. The first-order valence-corrected chi connectivity index (χ1v) is 17.0. The maximum Gasteiger partial charge on any atom is 0.343 e. The van der Waals surface area contributed by atoms with Gasteiger partial charge in [0.2, 0.25) is 0 Å². The van der Waals surface area contributed by atoms with Crippen LogP contribution < -0.4 is 9.47 Å². The largest absolute Gasteiger partial charge is 0.504 e. The van der Waals surface area contributed by atoms with Gasteiger partial charge in [0, 0.05) is 0 Å². The highest BCUT2D eigenvalue weighted by Crippen LogP contribution is 2.34. The number of aromatic hydroxyl groups is 4. The molecule has 268 valence electrons. The predicted molar refractivity (Wildman–Crippen MR) is 211 cm³/mol. The van der Waals surface area contributed by atoms with Crippen molar-refractivity contribution in [3.05, 3.63) is 180 Å². The highest BCUT2D eigenvalue weighted by Gasteiger charge is 2.18. The highest BCUT2D eigenvalue weighted by atomic mass is 16.6. The van der Waals surface area contributed by atoms with Gasteiger partial charge in [-0.25, -0.2) is 9.59 Å². The van der Waals surface area contributed by atoms with Crippen LogP contribution in [0.2, 0.25) is 0 Å². The average Bonchev–Trinajstić information content (AvgIpc) is 3.17. The van der Waals surface area contributed by atoms with Crippen LogP contribution in [-0.2, 0) is 0 Å². The lowest BCUT2D eigenvalue weighted by atomic mass is 10.1. The lowest BCUT2D eigenvalue weighted by molar-refractivity contribution is 0.0683. The van der Waals surface area contributed by atoms with E-state index in [4.69, 9.17) is 29.9 Å². The molecule has 0 aliphatic rings. The number of phenols is 4. The normalized spacial score (nSPS) is 10.5. The monoisotopic (exact) mass is 716 g/mol. The third-order valence-electron chi connectivity index (χ3n) is 8.48. The Hall–Kier alpha value is -7.32. The molecule has 0 aromatic heterocycles. The van der Waals surface area contributed by atoms with Gasteiger partial charge in [-0.1, -0.05) is 108 Å². The summed E-state index contributed by atoms with van der Waals surface area (Å²) in [5, 5.41) is 42.1. The summed E-state index contributed by atoms with van der Waals surface area (Å²) < 4.78 is 11.2. The number of ether oxygens (including phenoxy) is 2. The van der Waals surface area contributed by atoms with Gasteiger partial charge in [-0.15, -0.1) is 0 Å². The molecule has 8 aromatic rings. The molecule has 0 atom stereocenters. The second-order valence-electron chi connectivity index (χ2n) is 12.5. The summed E-state index contributed by atoms with van der Waals surface area (Å²) in [7, 11) is 0. The number of carbonyl (C=O) groups is 2. The van der Waals surface area contributed by atoms with Gasteiger partial charge in [-0.05, 0) is 107 Å². The standard InChI is InChI=1S/C26H20O4.2C10H8O2/c1-17-7-11-19(12-8-17)25(27)29-23-15-21-5-3-4-6-22(21)16-24(23)30-26(28)20-13-9-18(2)10-14-20;2*11-9-5-7-3-1-2-4-8(7)6-10(9)12/h3-16H,1-2H3;2*1-6,11-12H. The highest BCUT2D eigenvalue weighted by molar-refractivity contribution is 5.96. The van der Waals surface area contributed by atoms with Crippen molar-refractivity contribution in [2.45, 2.75) is 13.8 Å². The van der Waals surface area contributed by atoms with Gasteiger partial charge in [-0.3, -0.25) is 0 Å². The van der Waals surface area contributed by atoms with Gasteiger partial charge in [0.15, 0.2) is 34.5 Å². The Kier molecular flexibility index (Phi) is 11.0. The third kappa shape index (κ3) is 8.93. The predicted octanol–water partition coefficient (Wildman–Crippen LogP) is 10.4. The van der Waals surface area contributed by atoms with Crippen LogP contribution in [0.25, 0.3) is 32.3 Å². The first-order chi connectivity index (χ1) is 26.0. The maximum absolute atomic E-state index is 12.6. The third-order valence-corrected chi connectivity index (χ3v) is 8.48. The van der Waals surface area contributed by atoms with Crippen molar-refractivity contribution >= 4 is 44.3 Å². The molecule has 0 spiro atoms. The number of phenolic OH excluding ortho intramolecular Hbond substituents is 4. The van der Waals surface area contributed by atoms with Gasteiger partial charge in [-0.2, -0.15) is 0 Å². The van der Waals surface area contributed by atoms with Crippen molar-refractivity contribution in [2.75, 3.05) is 0 Å². The number of hydrogen-bond donors (Lipinski definition) is 4. The number of benzene rings is 8. The van der Waals surface area contributed by atoms with E-state index in [1.165, 1.54) is 0 Å². The SMILES string of the molecule is Cc1ccc(C(=O)Oc2cc3ccccc3cc2OC(=O)c2ccc(C)cc2)cc1.Oc1cc2ccccc2cc1O.Oc1cc2ccccc2cc1O. The number of fused-ring (bicyclic) bond motifs is 3. The number of hydrogen-bond acceptors (Lipinski definition) is 8. The zero-order valence-corrected chi connectivity index (χ0v) is 29.4. The molecule has 4 N–H and O–H groups in total. The molecule has 0 bridgehead atoms. The van der Waals surface area contributed by atoms with Crippen LogP contribution in [0.3, 0.4) is 0 Å². The van der Waals surface area contributed by atoms with Gasteiger partial charge < -0.3 is 29.9 Å². The number of esters is 2. The zero-order valence-electron chi connectivity index (χ0n) is 29.4. The summed E-state index contributed by atoms with van der Waals surface area (Å²) in [5.74, 6) is -0.944. The van der Waals surface area contributed by atoms with Crippen LogP contribution in [0.15, 0.2) is 158 Å². The molecule has 8 nitrogen and oxygen atoms in total. The smallest absolute Gasteiger partial charge is 0.343 e. The second-order valence-corrected chi connectivity index (χ2v) is 12.5. The number of carbonyl (C=O) groups excluding carboxylic acids is 2. The van der Waals surface area contributed by atoms with E-state index in [-0.39, 0.29) is 34.5 Å².